The maximum absolute atomic E-state index is 6.55. The zero-order valence-electron chi connectivity index (χ0n) is 9.20. The number of hydrogen-bond acceptors (Lipinski definition) is 2. The molecule has 0 aromatic carbocycles. The first kappa shape index (κ1) is 10.7. The molecule has 1 nitrogen and oxygen atoms in total. The SMILES string of the molecule is ClC1C2CCC(C2)C1SN1CCCCC1. The maximum Gasteiger partial charge on any atom is 0.0498 e. The van der Waals surface area contributed by atoms with Crippen LogP contribution in [0.4, 0.5) is 0 Å². The molecule has 3 heteroatoms. The predicted octanol–water partition coefficient (Wildman–Crippen LogP) is 3.53. The van der Waals surface area contributed by atoms with Gasteiger partial charge >= 0.3 is 0 Å². The second-order valence-electron chi connectivity index (χ2n) is 5.34. The van der Waals surface area contributed by atoms with Gasteiger partial charge in [0.15, 0.2) is 0 Å². The molecule has 2 bridgehead atoms. The van der Waals surface area contributed by atoms with E-state index in [2.05, 4.69) is 16.3 Å². The minimum absolute atomic E-state index is 0.468. The fraction of sp³-hybridized carbons (Fsp3) is 1.00. The predicted molar refractivity (Wildman–Crippen MR) is 67.3 cm³/mol. The van der Waals surface area contributed by atoms with E-state index < -0.39 is 0 Å². The van der Waals surface area contributed by atoms with Gasteiger partial charge in [0, 0.05) is 23.7 Å². The molecule has 0 amide bonds. The standard InChI is InChI=1S/C12H20ClNS/c13-11-9-4-5-10(8-9)12(11)15-14-6-2-1-3-7-14/h9-12H,1-8H2. The lowest BCUT2D eigenvalue weighted by Gasteiger charge is -2.33. The average Bonchev–Trinajstić information content (AvgIpc) is 2.84. The molecule has 3 rings (SSSR count). The maximum atomic E-state index is 6.55. The molecule has 0 aromatic rings. The fourth-order valence-corrected chi connectivity index (χ4v) is 5.60. The fourth-order valence-electron chi connectivity index (χ4n) is 3.46. The molecular weight excluding hydrogens is 226 g/mol. The van der Waals surface area contributed by atoms with Crippen LogP contribution in [0.3, 0.4) is 0 Å². The zero-order valence-corrected chi connectivity index (χ0v) is 10.8. The number of nitrogens with zero attached hydrogens (tertiary/aromatic N) is 1. The lowest BCUT2D eigenvalue weighted by Crippen LogP contribution is -2.32. The summed E-state index contributed by atoms with van der Waals surface area (Å²) in [5.74, 6) is 1.78. The average molecular weight is 246 g/mol. The van der Waals surface area contributed by atoms with E-state index in [4.69, 9.17) is 11.6 Å². The molecule has 2 aliphatic carbocycles. The van der Waals surface area contributed by atoms with Crippen LogP contribution in [0.15, 0.2) is 0 Å². The molecule has 0 spiro atoms. The summed E-state index contributed by atoms with van der Waals surface area (Å²) in [6.45, 7) is 2.59. The van der Waals surface area contributed by atoms with Gasteiger partial charge < -0.3 is 0 Å². The van der Waals surface area contributed by atoms with E-state index >= 15 is 0 Å². The summed E-state index contributed by atoms with van der Waals surface area (Å²) >= 11 is 8.65. The van der Waals surface area contributed by atoms with Crippen molar-refractivity contribution in [1.29, 1.82) is 0 Å². The van der Waals surface area contributed by atoms with Crippen molar-refractivity contribution in [3.8, 4) is 0 Å². The van der Waals surface area contributed by atoms with Crippen molar-refractivity contribution in [2.45, 2.75) is 49.2 Å². The van der Waals surface area contributed by atoms with Crippen molar-refractivity contribution in [1.82, 2.24) is 4.31 Å². The van der Waals surface area contributed by atoms with Crippen molar-refractivity contribution in [2.24, 2.45) is 11.8 Å². The highest BCUT2D eigenvalue weighted by atomic mass is 35.5. The normalized spacial score (nSPS) is 46.2. The molecule has 0 N–H and O–H groups in total. The summed E-state index contributed by atoms with van der Waals surface area (Å²) in [7, 11) is 0. The third-order valence-electron chi connectivity index (χ3n) is 4.33. The number of hydrogen-bond donors (Lipinski definition) is 0. The third kappa shape index (κ3) is 2.05. The van der Waals surface area contributed by atoms with E-state index in [-0.39, 0.29) is 0 Å². The van der Waals surface area contributed by atoms with Crippen molar-refractivity contribution in [3.63, 3.8) is 0 Å². The Kier molecular flexibility index (Phi) is 3.19. The van der Waals surface area contributed by atoms with Crippen molar-refractivity contribution >= 4 is 23.5 Å². The highest BCUT2D eigenvalue weighted by Gasteiger charge is 2.47. The van der Waals surface area contributed by atoms with Crippen LogP contribution in [0.2, 0.25) is 0 Å². The van der Waals surface area contributed by atoms with Crippen LogP contribution < -0.4 is 0 Å². The third-order valence-corrected chi connectivity index (χ3v) is 6.69. The summed E-state index contributed by atoms with van der Waals surface area (Å²) in [5, 5.41) is 1.21. The van der Waals surface area contributed by atoms with E-state index in [0.29, 0.717) is 5.38 Å². The smallest absolute Gasteiger partial charge is 0.0498 e. The topological polar surface area (TPSA) is 3.24 Å². The summed E-state index contributed by atoms with van der Waals surface area (Å²) in [4.78, 5) is 0. The van der Waals surface area contributed by atoms with Crippen LogP contribution in [-0.4, -0.2) is 28.0 Å². The Balaban J connectivity index is 1.58. The van der Waals surface area contributed by atoms with Crippen molar-refractivity contribution < 1.29 is 0 Å². The molecule has 0 radical (unpaired) electrons. The van der Waals surface area contributed by atoms with Crippen LogP contribution >= 0.6 is 23.5 Å². The number of alkyl halides is 1. The quantitative estimate of drug-likeness (QED) is 0.541. The highest BCUT2D eigenvalue weighted by Crippen LogP contribution is 2.52. The Morgan fingerprint density at radius 2 is 1.73 bits per heavy atom. The summed E-state index contributed by atoms with van der Waals surface area (Å²) in [5.41, 5.74) is 0. The van der Waals surface area contributed by atoms with E-state index in [1.54, 1.807) is 0 Å². The molecule has 15 heavy (non-hydrogen) atoms. The number of piperidine rings is 1. The van der Waals surface area contributed by atoms with Crippen molar-refractivity contribution in [2.75, 3.05) is 13.1 Å². The molecule has 1 aliphatic heterocycles. The van der Waals surface area contributed by atoms with E-state index in [1.807, 2.05) is 0 Å². The van der Waals surface area contributed by atoms with Gasteiger partial charge in [-0.1, -0.05) is 18.4 Å². The molecule has 3 aliphatic rings. The number of fused-ring (bicyclic) bond motifs is 2. The van der Waals surface area contributed by atoms with Gasteiger partial charge in [-0.05, 0) is 43.9 Å². The molecule has 0 aromatic heterocycles. The van der Waals surface area contributed by atoms with Crippen LogP contribution in [0.25, 0.3) is 0 Å². The van der Waals surface area contributed by atoms with E-state index in [0.717, 1.165) is 17.1 Å². The first-order valence-electron chi connectivity index (χ1n) is 6.40. The molecular formula is C12H20ClNS. The van der Waals surface area contributed by atoms with Gasteiger partial charge in [-0.2, -0.15) is 0 Å². The summed E-state index contributed by atoms with van der Waals surface area (Å²) in [6.07, 6.45) is 8.47. The first-order valence-corrected chi connectivity index (χ1v) is 7.67. The van der Waals surface area contributed by atoms with Gasteiger partial charge in [0.05, 0.1) is 0 Å². The van der Waals surface area contributed by atoms with Crippen LogP contribution in [0.5, 0.6) is 0 Å². The van der Waals surface area contributed by atoms with Gasteiger partial charge in [0.1, 0.15) is 0 Å². The monoisotopic (exact) mass is 245 g/mol. The molecule has 1 heterocycles. The highest BCUT2D eigenvalue weighted by molar-refractivity contribution is 7.97. The first-order chi connectivity index (χ1) is 7.34. The number of halogens is 1. The summed E-state index contributed by atoms with van der Waals surface area (Å²) < 4.78 is 2.59. The Hall–Kier alpha value is 0.600. The van der Waals surface area contributed by atoms with Gasteiger partial charge in [-0.15, -0.1) is 11.6 Å². The molecule has 3 fully saturated rings. The Morgan fingerprint density at radius 1 is 1.00 bits per heavy atom. The second kappa shape index (κ2) is 4.46. The van der Waals surface area contributed by atoms with E-state index in [9.17, 15) is 0 Å². The second-order valence-corrected chi connectivity index (χ2v) is 7.11. The largest absolute Gasteiger partial charge is 0.250 e. The van der Waals surface area contributed by atoms with E-state index in [1.165, 1.54) is 51.6 Å². The minimum Gasteiger partial charge on any atom is -0.250 e. The van der Waals surface area contributed by atoms with Crippen LogP contribution in [-0.2, 0) is 0 Å². The lowest BCUT2D eigenvalue weighted by molar-refractivity contribution is 0.373. The van der Waals surface area contributed by atoms with Gasteiger partial charge in [-0.3, -0.25) is 4.31 Å². The molecule has 2 saturated carbocycles. The molecule has 4 atom stereocenters. The van der Waals surface area contributed by atoms with Gasteiger partial charge in [0.2, 0.25) is 0 Å². The molecule has 86 valence electrons. The lowest BCUT2D eigenvalue weighted by atomic mass is 10.00. The van der Waals surface area contributed by atoms with Crippen LogP contribution in [0, 0.1) is 11.8 Å². The van der Waals surface area contributed by atoms with Crippen LogP contribution in [0.1, 0.15) is 38.5 Å². The van der Waals surface area contributed by atoms with Gasteiger partial charge in [0.25, 0.3) is 0 Å². The minimum atomic E-state index is 0.468. The molecule has 4 unspecified atom stereocenters. The Labute approximate surface area is 102 Å². The zero-order chi connectivity index (χ0) is 10.3. The number of rotatable bonds is 2. The Bertz CT molecular complexity index is 228. The molecule has 1 saturated heterocycles. The van der Waals surface area contributed by atoms with Gasteiger partial charge in [-0.25, -0.2) is 0 Å². The summed E-state index contributed by atoms with van der Waals surface area (Å²) in [6, 6.07) is 0. The van der Waals surface area contributed by atoms with Crippen molar-refractivity contribution in [3.05, 3.63) is 0 Å². The Morgan fingerprint density at radius 3 is 2.40 bits per heavy atom.